The van der Waals surface area contributed by atoms with Crippen LogP contribution in [0.25, 0.3) is 0 Å². The van der Waals surface area contributed by atoms with Crippen molar-refractivity contribution in [3.8, 4) is 5.75 Å². The van der Waals surface area contributed by atoms with E-state index < -0.39 is 0 Å². The quantitative estimate of drug-likeness (QED) is 0.187. The number of halogens is 1. The van der Waals surface area contributed by atoms with Crippen LogP contribution < -0.4 is 15.4 Å². The Hall–Kier alpha value is -2.10. The Morgan fingerprint density at radius 2 is 1.84 bits per heavy atom. The number of likely N-dealkylation sites (tertiary alicyclic amines) is 1. The topological polar surface area (TPSA) is 83.0 Å². The van der Waals surface area contributed by atoms with Crippen molar-refractivity contribution in [3.63, 3.8) is 0 Å². The van der Waals surface area contributed by atoms with Crippen molar-refractivity contribution in [1.82, 2.24) is 15.5 Å². The van der Waals surface area contributed by atoms with Crippen molar-refractivity contribution in [1.29, 1.82) is 0 Å². The molecule has 2 bridgehead atoms. The van der Waals surface area contributed by atoms with Gasteiger partial charge in [0.15, 0.2) is 5.96 Å². The van der Waals surface area contributed by atoms with Gasteiger partial charge in [-0.15, -0.1) is 24.0 Å². The molecule has 5 atom stereocenters. The molecule has 0 radical (unpaired) electrons. The fourth-order valence-corrected chi connectivity index (χ4v) is 5.62. The maximum Gasteiger partial charge on any atom is 0.233 e. The molecular formula is C24H31IN4O3. The predicted molar refractivity (Wildman–Crippen MR) is 133 cm³/mol. The smallest absolute Gasteiger partial charge is 0.233 e. The van der Waals surface area contributed by atoms with Gasteiger partial charge >= 0.3 is 0 Å². The van der Waals surface area contributed by atoms with Gasteiger partial charge in [-0.2, -0.15) is 0 Å². The molecule has 5 unspecified atom stereocenters. The molecule has 8 heteroatoms. The van der Waals surface area contributed by atoms with Crippen molar-refractivity contribution in [2.45, 2.75) is 25.7 Å². The number of nitrogens with zero attached hydrogens (tertiary/aromatic N) is 2. The van der Waals surface area contributed by atoms with Gasteiger partial charge in [0.25, 0.3) is 0 Å². The number of ether oxygens (including phenoxy) is 1. The first kappa shape index (κ1) is 23.1. The molecule has 0 spiro atoms. The minimum absolute atomic E-state index is 0. The summed E-state index contributed by atoms with van der Waals surface area (Å²) >= 11 is 0. The van der Waals surface area contributed by atoms with Gasteiger partial charge < -0.3 is 15.4 Å². The van der Waals surface area contributed by atoms with Gasteiger partial charge in [-0.3, -0.25) is 19.5 Å². The molecule has 2 N–H and O–H groups in total. The zero-order chi connectivity index (χ0) is 21.4. The Kier molecular flexibility index (Phi) is 7.07. The van der Waals surface area contributed by atoms with Crippen LogP contribution >= 0.6 is 24.0 Å². The van der Waals surface area contributed by atoms with Gasteiger partial charge in [-0.1, -0.05) is 30.4 Å². The number of fused-ring (bicyclic) bond motifs is 6. The second-order valence-electron chi connectivity index (χ2n) is 8.85. The van der Waals surface area contributed by atoms with Crippen LogP contribution in [0.4, 0.5) is 0 Å². The fraction of sp³-hybridized carbons (Fsp3) is 0.542. The largest absolute Gasteiger partial charge is 0.493 e. The van der Waals surface area contributed by atoms with Gasteiger partial charge in [-0.05, 0) is 43.2 Å². The summed E-state index contributed by atoms with van der Waals surface area (Å²) in [5.74, 6) is 2.26. The number of rotatable bonds is 6. The average Bonchev–Trinajstić information content (AvgIpc) is 3.47. The molecule has 2 aliphatic carbocycles. The van der Waals surface area contributed by atoms with Crippen molar-refractivity contribution in [3.05, 3.63) is 42.0 Å². The Morgan fingerprint density at radius 3 is 2.56 bits per heavy atom. The molecule has 2 heterocycles. The summed E-state index contributed by atoms with van der Waals surface area (Å²) < 4.78 is 5.75. The number of allylic oxidation sites excluding steroid dienone is 2. The van der Waals surface area contributed by atoms with E-state index >= 15 is 0 Å². The molecule has 7 nitrogen and oxygen atoms in total. The summed E-state index contributed by atoms with van der Waals surface area (Å²) in [6, 6.07) is 8.15. The fourth-order valence-electron chi connectivity index (χ4n) is 5.62. The summed E-state index contributed by atoms with van der Waals surface area (Å²) in [5, 5.41) is 6.57. The van der Waals surface area contributed by atoms with Crippen LogP contribution in [0.5, 0.6) is 5.75 Å². The summed E-state index contributed by atoms with van der Waals surface area (Å²) in [6.07, 6.45) is 6.16. The summed E-state index contributed by atoms with van der Waals surface area (Å²) in [4.78, 5) is 31.9. The number of aliphatic imine (C=N–C) groups is 1. The van der Waals surface area contributed by atoms with E-state index in [2.05, 4.69) is 28.9 Å². The third-order valence-electron chi connectivity index (χ3n) is 7.09. The Labute approximate surface area is 206 Å². The van der Waals surface area contributed by atoms with Crippen LogP contribution in [-0.4, -0.2) is 55.5 Å². The number of hydrogen-bond acceptors (Lipinski definition) is 4. The number of benzene rings is 1. The van der Waals surface area contributed by atoms with Gasteiger partial charge in [0.1, 0.15) is 5.75 Å². The van der Waals surface area contributed by atoms with Crippen LogP contribution in [0.1, 0.15) is 31.2 Å². The van der Waals surface area contributed by atoms with Gasteiger partial charge in [0, 0.05) is 32.1 Å². The zero-order valence-electron chi connectivity index (χ0n) is 18.3. The zero-order valence-corrected chi connectivity index (χ0v) is 20.7. The first-order valence-electron chi connectivity index (χ1n) is 11.4. The molecule has 1 saturated carbocycles. The first-order valence-corrected chi connectivity index (χ1v) is 11.4. The van der Waals surface area contributed by atoms with E-state index in [4.69, 9.17) is 9.73 Å². The number of carbonyl (C=O) groups is 2. The normalized spacial score (nSPS) is 30.0. The first-order chi connectivity index (χ1) is 15.2. The van der Waals surface area contributed by atoms with E-state index in [1.165, 1.54) is 10.5 Å². The van der Waals surface area contributed by atoms with Crippen LogP contribution in [0.15, 0.2) is 41.4 Å². The van der Waals surface area contributed by atoms with E-state index in [0.717, 1.165) is 25.1 Å². The number of guanidine groups is 1. The van der Waals surface area contributed by atoms with Gasteiger partial charge in [-0.25, -0.2) is 0 Å². The highest BCUT2D eigenvalue weighted by molar-refractivity contribution is 14.0. The highest BCUT2D eigenvalue weighted by Gasteiger charge is 2.58. The Morgan fingerprint density at radius 1 is 1.12 bits per heavy atom. The molecule has 5 rings (SSSR count). The molecule has 4 aliphatic rings. The third-order valence-corrected chi connectivity index (χ3v) is 7.09. The van der Waals surface area contributed by atoms with E-state index in [9.17, 15) is 9.59 Å². The molecule has 2 fully saturated rings. The van der Waals surface area contributed by atoms with E-state index in [1.54, 1.807) is 0 Å². The summed E-state index contributed by atoms with van der Waals surface area (Å²) in [6.45, 7) is 5.02. The van der Waals surface area contributed by atoms with Crippen molar-refractivity contribution < 1.29 is 14.3 Å². The summed E-state index contributed by atoms with van der Waals surface area (Å²) in [5.41, 5.74) is 1.20. The second-order valence-corrected chi connectivity index (χ2v) is 8.85. The van der Waals surface area contributed by atoms with E-state index in [1.807, 2.05) is 25.1 Å². The van der Waals surface area contributed by atoms with Crippen LogP contribution in [-0.2, 0) is 9.59 Å². The van der Waals surface area contributed by atoms with E-state index in [0.29, 0.717) is 38.1 Å². The highest BCUT2D eigenvalue weighted by Crippen LogP contribution is 2.52. The Balaban J connectivity index is 0.00000245. The van der Waals surface area contributed by atoms with Crippen molar-refractivity contribution in [2.75, 3.05) is 32.8 Å². The number of para-hydroxylation sites is 1. The number of amides is 2. The standard InChI is InChI=1S/C24H30N4O3.HI/c1-2-25-24(27-14-17-9-12-31-19-6-4-3-5-18(17)19)26-10-11-28-22(29)20-15-7-8-16(13-15)21(20)23(28)30;/h3-8,15-17,20-21H,2,9-14H2,1H3,(H2,25,26,27);1H. The molecule has 2 aliphatic heterocycles. The predicted octanol–water partition coefficient (Wildman–Crippen LogP) is 2.53. The maximum absolute atomic E-state index is 12.8. The molecular weight excluding hydrogens is 519 g/mol. The Bertz CT molecular complexity index is 904. The molecule has 2 amide bonds. The maximum atomic E-state index is 12.8. The second kappa shape index (κ2) is 9.80. The van der Waals surface area contributed by atoms with Crippen LogP contribution in [0.3, 0.4) is 0 Å². The lowest BCUT2D eigenvalue weighted by Crippen LogP contribution is -2.44. The average molecular weight is 550 g/mol. The van der Waals surface area contributed by atoms with E-state index in [-0.39, 0.29) is 59.5 Å². The van der Waals surface area contributed by atoms with Gasteiger partial charge in [0.05, 0.1) is 18.4 Å². The highest BCUT2D eigenvalue weighted by atomic mass is 127. The van der Waals surface area contributed by atoms with Crippen molar-refractivity contribution in [2.24, 2.45) is 28.7 Å². The minimum Gasteiger partial charge on any atom is -0.493 e. The molecule has 1 saturated heterocycles. The summed E-state index contributed by atoms with van der Waals surface area (Å²) in [7, 11) is 0. The third kappa shape index (κ3) is 4.13. The number of hydrogen-bond donors (Lipinski definition) is 2. The lowest BCUT2D eigenvalue weighted by Gasteiger charge is -2.25. The van der Waals surface area contributed by atoms with Gasteiger partial charge in [0.2, 0.25) is 11.8 Å². The number of nitrogens with one attached hydrogen (secondary N) is 2. The van der Waals surface area contributed by atoms with Crippen molar-refractivity contribution >= 4 is 41.8 Å². The van der Waals surface area contributed by atoms with Crippen LogP contribution in [0.2, 0.25) is 0 Å². The van der Waals surface area contributed by atoms with Crippen LogP contribution in [0, 0.1) is 23.7 Å². The lowest BCUT2D eigenvalue weighted by atomic mass is 9.85. The molecule has 172 valence electrons. The minimum atomic E-state index is -0.127. The molecule has 1 aromatic carbocycles. The molecule has 1 aromatic rings. The monoisotopic (exact) mass is 550 g/mol. The number of carbonyl (C=O) groups excluding carboxylic acids is 2. The number of imide groups is 1. The molecule has 0 aromatic heterocycles. The SMILES string of the molecule is CCNC(=NCC1CCOc2ccccc21)NCCN1C(=O)C2C3C=CC(C3)C2C1=O.I. The lowest BCUT2D eigenvalue weighted by molar-refractivity contribution is -0.140. The molecule has 32 heavy (non-hydrogen) atoms.